The topological polar surface area (TPSA) is 89.3 Å². The van der Waals surface area contributed by atoms with E-state index in [2.05, 4.69) is 10.3 Å². The second-order valence-corrected chi connectivity index (χ2v) is 8.90. The Balaban J connectivity index is 1.77. The van der Waals surface area contributed by atoms with E-state index in [1.54, 1.807) is 17.8 Å². The second kappa shape index (κ2) is 9.29. The van der Waals surface area contributed by atoms with Crippen molar-refractivity contribution in [1.29, 1.82) is 0 Å². The van der Waals surface area contributed by atoms with Crippen LogP contribution in [0.3, 0.4) is 0 Å². The maximum Gasteiger partial charge on any atom is 0.302 e. The van der Waals surface area contributed by atoms with Crippen LogP contribution in [0.5, 0.6) is 0 Å². The third-order valence-corrected chi connectivity index (χ3v) is 6.30. The Morgan fingerprint density at radius 3 is 2.68 bits per heavy atom. The lowest BCUT2D eigenvalue weighted by molar-refractivity contribution is -0.146. The lowest BCUT2D eigenvalue weighted by Gasteiger charge is -2.25. The van der Waals surface area contributed by atoms with Crippen LogP contribution in [0.25, 0.3) is 11.3 Å². The van der Waals surface area contributed by atoms with Crippen LogP contribution in [0, 0.1) is 6.92 Å². The monoisotopic (exact) mass is 461 g/mol. The quantitative estimate of drug-likeness (QED) is 0.563. The van der Waals surface area contributed by atoms with Gasteiger partial charge in [-0.25, -0.2) is 9.97 Å². The number of hydrogen-bond donors (Lipinski definition) is 1. The van der Waals surface area contributed by atoms with Crippen LogP contribution >= 0.6 is 0 Å². The highest BCUT2D eigenvalue weighted by Gasteiger charge is 2.35. The van der Waals surface area contributed by atoms with E-state index in [1.165, 1.54) is 6.92 Å². The van der Waals surface area contributed by atoms with Crippen LogP contribution in [0.1, 0.15) is 42.3 Å². The predicted octanol–water partition coefficient (Wildman–Crippen LogP) is 3.42. The number of nitrogens with one attached hydrogen (secondary N) is 1. The number of carbonyl (C=O) groups is 1. The fraction of sp³-hybridized carbons (Fsp3) is 0.385. The standard InChI is InChI=1S/C26H31N5O3/c1-7-20-25(29-23-18-11-9-8-10-17(18)13-21(23)34-16(3)32)31(6)26(33)24(28-20)19-14-27-22(30(4)5)12-15(19)2/h8-12,14,21,23,29H,7,13H2,1-6H3/t21-,23-/m0/s1. The van der Waals surface area contributed by atoms with Gasteiger partial charge in [0.15, 0.2) is 0 Å². The van der Waals surface area contributed by atoms with Gasteiger partial charge in [0.1, 0.15) is 23.4 Å². The zero-order valence-electron chi connectivity index (χ0n) is 20.5. The molecule has 2 aromatic heterocycles. The van der Waals surface area contributed by atoms with Gasteiger partial charge in [0.2, 0.25) is 0 Å². The molecule has 0 amide bonds. The number of fused-ring (bicyclic) bond motifs is 1. The zero-order chi connectivity index (χ0) is 24.6. The molecule has 0 unspecified atom stereocenters. The number of anilines is 2. The van der Waals surface area contributed by atoms with Crippen molar-refractivity contribution in [1.82, 2.24) is 14.5 Å². The van der Waals surface area contributed by atoms with Gasteiger partial charge < -0.3 is 15.0 Å². The molecule has 1 aliphatic rings. The molecule has 34 heavy (non-hydrogen) atoms. The average Bonchev–Trinajstić information content (AvgIpc) is 3.13. The fourth-order valence-corrected chi connectivity index (χ4v) is 4.52. The summed E-state index contributed by atoms with van der Waals surface area (Å²) in [6, 6.07) is 9.70. The molecule has 1 aromatic carbocycles. The molecule has 4 rings (SSSR count). The average molecular weight is 462 g/mol. The van der Waals surface area contributed by atoms with Gasteiger partial charge in [0, 0.05) is 46.2 Å². The van der Waals surface area contributed by atoms with E-state index in [-0.39, 0.29) is 23.7 Å². The summed E-state index contributed by atoms with van der Waals surface area (Å²) in [4.78, 5) is 36.4. The first-order valence-electron chi connectivity index (χ1n) is 11.5. The number of benzene rings is 1. The summed E-state index contributed by atoms with van der Waals surface area (Å²) in [6.07, 6.45) is 2.60. The number of nitrogens with zero attached hydrogens (tertiary/aromatic N) is 4. The molecule has 0 saturated heterocycles. The Hall–Kier alpha value is -3.68. The van der Waals surface area contributed by atoms with Crippen LogP contribution < -0.4 is 15.8 Å². The van der Waals surface area contributed by atoms with Gasteiger partial charge in [-0.3, -0.25) is 14.2 Å². The highest BCUT2D eigenvalue weighted by atomic mass is 16.5. The number of hydrogen-bond acceptors (Lipinski definition) is 7. The smallest absolute Gasteiger partial charge is 0.302 e. The molecule has 3 aromatic rings. The summed E-state index contributed by atoms with van der Waals surface area (Å²) in [5.41, 5.74) is 4.77. The van der Waals surface area contributed by atoms with Gasteiger partial charge in [-0.1, -0.05) is 31.2 Å². The lowest BCUT2D eigenvalue weighted by atomic mass is 10.1. The first-order chi connectivity index (χ1) is 16.2. The summed E-state index contributed by atoms with van der Waals surface area (Å²) in [5.74, 6) is 1.13. The maximum absolute atomic E-state index is 13.4. The molecule has 0 radical (unpaired) electrons. The number of pyridine rings is 1. The molecule has 2 atom stereocenters. The third kappa shape index (κ3) is 4.27. The molecular formula is C26H31N5O3. The lowest BCUT2D eigenvalue weighted by Crippen LogP contribution is -2.31. The summed E-state index contributed by atoms with van der Waals surface area (Å²) in [6.45, 7) is 5.39. The number of rotatable bonds is 6. The summed E-state index contributed by atoms with van der Waals surface area (Å²) >= 11 is 0. The Morgan fingerprint density at radius 2 is 2.03 bits per heavy atom. The van der Waals surface area contributed by atoms with E-state index in [0.29, 0.717) is 24.4 Å². The Kier molecular flexibility index (Phi) is 6.41. The van der Waals surface area contributed by atoms with Gasteiger partial charge >= 0.3 is 5.97 Å². The molecule has 0 bridgehead atoms. The highest BCUT2D eigenvalue weighted by Crippen LogP contribution is 2.36. The van der Waals surface area contributed by atoms with Crippen molar-refractivity contribution >= 4 is 17.6 Å². The van der Waals surface area contributed by atoms with E-state index in [9.17, 15) is 9.59 Å². The van der Waals surface area contributed by atoms with Gasteiger partial charge in [0.05, 0.1) is 11.7 Å². The highest BCUT2D eigenvalue weighted by molar-refractivity contribution is 5.67. The number of ether oxygens (including phenoxy) is 1. The Morgan fingerprint density at radius 1 is 1.29 bits per heavy atom. The molecule has 1 aliphatic carbocycles. The van der Waals surface area contributed by atoms with Gasteiger partial charge in [0.25, 0.3) is 5.56 Å². The first-order valence-corrected chi connectivity index (χ1v) is 11.5. The third-order valence-electron chi connectivity index (χ3n) is 6.30. The van der Waals surface area contributed by atoms with Crippen molar-refractivity contribution in [3.05, 3.63) is 69.3 Å². The zero-order valence-corrected chi connectivity index (χ0v) is 20.5. The van der Waals surface area contributed by atoms with Crippen LogP contribution in [0.2, 0.25) is 0 Å². The summed E-state index contributed by atoms with van der Waals surface area (Å²) in [7, 11) is 5.60. The number of carbonyl (C=O) groups excluding carboxylic acids is 1. The molecule has 0 spiro atoms. The molecule has 0 aliphatic heterocycles. The minimum Gasteiger partial charge on any atom is -0.460 e. The second-order valence-electron chi connectivity index (χ2n) is 8.90. The van der Waals surface area contributed by atoms with E-state index in [0.717, 1.165) is 33.8 Å². The molecule has 8 nitrogen and oxygen atoms in total. The molecular weight excluding hydrogens is 430 g/mol. The van der Waals surface area contributed by atoms with Crippen molar-refractivity contribution in [2.45, 2.75) is 45.8 Å². The van der Waals surface area contributed by atoms with Crippen LogP contribution in [-0.4, -0.2) is 40.7 Å². The SMILES string of the molecule is CCc1nc(-c2cnc(N(C)C)cc2C)c(=O)n(C)c1N[C@H]1c2ccccc2C[C@@H]1OC(C)=O. The van der Waals surface area contributed by atoms with Crippen molar-refractivity contribution in [2.75, 3.05) is 24.3 Å². The summed E-state index contributed by atoms with van der Waals surface area (Å²) in [5, 5.41) is 3.50. The Bertz CT molecular complexity index is 1300. The van der Waals surface area contributed by atoms with Crippen LogP contribution in [-0.2, 0) is 29.4 Å². The van der Waals surface area contributed by atoms with Gasteiger partial charge in [-0.05, 0) is 36.1 Å². The van der Waals surface area contributed by atoms with Gasteiger partial charge in [-0.15, -0.1) is 0 Å². The van der Waals surface area contributed by atoms with Crippen LogP contribution in [0.4, 0.5) is 11.6 Å². The minimum atomic E-state index is -0.362. The van der Waals surface area contributed by atoms with Crippen molar-refractivity contribution in [2.24, 2.45) is 7.05 Å². The van der Waals surface area contributed by atoms with Crippen molar-refractivity contribution < 1.29 is 9.53 Å². The maximum atomic E-state index is 13.4. The summed E-state index contributed by atoms with van der Waals surface area (Å²) < 4.78 is 7.24. The van der Waals surface area contributed by atoms with E-state index >= 15 is 0 Å². The van der Waals surface area contributed by atoms with E-state index < -0.39 is 0 Å². The molecule has 178 valence electrons. The predicted molar refractivity (Wildman–Crippen MR) is 133 cm³/mol. The minimum absolute atomic E-state index is 0.211. The van der Waals surface area contributed by atoms with E-state index in [4.69, 9.17) is 9.72 Å². The normalized spacial score (nSPS) is 16.8. The van der Waals surface area contributed by atoms with Crippen LogP contribution in [0.15, 0.2) is 41.3 Å². The number of aromatic nitrogens is 3. The number of esters is 1. The molecule has 0 fully saturated rings. The molecule has 1 N–H and O–H groups in total. The van der Waals surface area contributed by atoms with E-state index in [1.807, 2.05) is 63.2 Å². The first kappa shape index (κ1) is 23.5. The molecule has 8 heteroatoms. The van der Waals surface area contributed by atoms with Crippen molar-refractivity contribution in [3.63, 3.8) is 0 Å². The Labute approximate surface area is 199 Å². The molecule has 0 saturated carbocycles. The fourth-order valence-electron chi connectivity index (χ4n) is 4.52. The van der Waals surface area contributed by atoms with Gasteiger partial charge in [-0.2, -0.15) is 0 Å². The number of aryl methyl sites for hydroxylation is 2. The largest absolute Gasteiger partial charge is 0.460 e. The van der Waals surface area contributed by atoms with Crippen molar-refractivity contribution in [3.8, 4) is 11.3 Å². The molecule has 2 heterocycles.